The van der Waals surface area contributed by atoms with Crippen LogP contribution in [0.4, 0.5) is 0 Å². The van der Waals surface area contributed by atoms with Crippen LogP contribution in [0.1, 0.15) is 15.9 Å². The molecule has 94 valence electrons. The molecular weight excluding hydrogens is 234 g/mol. The number of fused-ring (bicyclic) bond motifs is 1. The van der Waals surface area contributed by atoms with Gasteiger partial charge in [-0.3, -0.25) is 9.36 Å². The Hall–Kier alpha value is -2.35. The van der Waals surface area contributed by atoms with E-state index in [2.05, 4.69) is 6.07 Å². The molecule has 2 nitrogen and oxygen atoms in total. The van der Waals surface area contributed by atoms with Gasteiger partial charge in [-0.1, -0.05) is 48.5 Å². The van der Waals surface area contributed by atoms with Crippen molar-refractivity contribution in [1.29, 1.82) is 0 Å². The third kappa shape index (κ3) is 2.17. The Labute approximate surface area is 112 Å². The molecule has 0 aliphatic heterocycles. The molecule has 3 aromatic rings. The molecule has 1 aromatic heterocycles. The Morgan fingerprint density at radius 3 is 2.47 bits per heavy atom. The van der Waals surface area contributed by atoms with E-state index in [9.17, 15) is 4.79 Å². The SMILES string of the molecule is Cc1cn(C(=O)Cc2ccccc2)c2ccccc12. The molecule has 0 spiro atoms. The van der Waals surface area contributed by atoms with E-state index in [0.717, 1.165) is 22.0 Å². The molecule has 0 amide bonds. The lowest BCUT2D eigenvalue weighted by Gasteiger charge is -2.04. The molecule has 0 aliphatic carbocycles. The van der Waals surface area contributed by atoms with Crippen LogP contribution in [0.5, 0.6) is 0 Å². The zero-order chi connectivity index (χ0) is 13.2. The zero-order valence-corrected chi connectivity index (χ0v) is 10.8. The van der Waals surface area contributed by atoms with Gasteiger partial charge in [0.25, 0.3) is 0 Å². The molecule has 2 heteroatoms. The van der Waals surface area contributed by atoms with Gasteiger partial charge in [0.2, 0.25) is 5.91 Å². The standard InChI is InChI=1S/C17H15NO/c1-13-12-18(16-10-6-5-9-15(13)16)17(19)11-14-7-3-2-4-8-14/h2-10,12H,11H2,1H3. The van der Waals surface area contributed by atoms with Gasteiger partial charge in [0.15, 0.2) is 0 Å². The fraction of sp³-hybridized carbons (Fsp3) is 0.118. The first kappa shape index (κ1) is 11.7. The van der Waals surface area contributed by atoms with E-state index in [1.165, 1.54) is 0 Å². The molecule has 0 atom stereocenters. The van der Waals surface area contributed by atoms with Crippen LogP contribution in [0.25, 0.3) is 10.9 Å². The monoisotopic (exact) mass is 249 g/mol. The van der Waals surface area contributed by atoms with Crippen LogP contribution in [-0.4, -0.2) is 10.5 Å². The van der Waals surface area contributed by atoms with Gasteiger partial charge in [-0.2, -0.15) is 0 Å². The molecule has 0 saturated carbocycles. The highest BCUT2D eigenvalue weighted by molar-refractivity contribution is 5.95. The second-order valence-electron chi connectivity index (χ2n) is 4.76. The van der Waals surface area contributed by atoms with Gasteiger partial charge in [0, 0.05) is 11.6 Å². The number of nitrogens with zero attached hydrogens (tertiary/aromatic N) is 1. The topological polar surface area (TPSA) is 22.0 Å². The molecule has 1 heterocycles. The number of aromatic nitrogens is 1. The predicted octanol–water partition coefficient (Wildman–Crippen LogP) is 3.83. The van der Waals surface area contributed by atoms with Gasteiger partial charge in [-0.15, -0.1) is 0 Å². The lowest BCUT2D eigenvalue weighted by molar-refractivity contribution is 0.0919. The Morgan fingerprint density at radius 1 is 1.00 bits per heavy atom. The maximum Gasteiger partial charge on any atom is 0.235 e. The van der Waals surface area contributed by atoms with Gasteiger partial charge in [0.05, 0.1) is 11.9 Å². The van der Waals surface area contributed by atoms with Gasteiger partial charge in [-0.25, -0.2) is 0 Å². The Morgan fingerprint density at radius 2 is 1.68 bits per heavy atom. The molecular formula is C17H15NO. The summed E-state index contributed by atoms with van der Waals surface area (Å²) in [7, 11) is 0. The zero-order valence-electron chi connectivity index (χ0n) is 10.8. The number of carbonyl (C=O) groups excluding carboxylic acids is 1. The summed E-state index contributed by atoms with van der Waals surface area (Å²) >= 11 is 0. The van der Waals surface area contributed by atoms with Crippen molar-refractivity contribution in [2.75, 3.05) is 0 Å². The van der Waals surface area contributed by atoms with Gasteiger partial charge in [0.1, 0.15) is 0 Å². The summed E-state index contributed by atoms with van der Waals surface area (Å²) in [5.41, 5.74) is 3.17. The first-order chi connectivity index (χ1) is 9.25. The van der Waals surface area contributed by atoms with Crippen molar-refractivity contribution in [2.24, 2.45) is 0 Å². The summed E-state index contributed by atoms with van der Waals surface area (Å²) in [6, 6.07) is 17.9. The van der Waals surface area contributed by atoms with Crippen molar-refractivity contribution < 1.29 is 4.79 Å². The minimum absolute atomic E-state index is 0.107. The Bertz CT molecular complexity index is 725. The summed E-state index contributed by atoms with van der Waals surface area (Å²) in [5, 5.41) is 1.14. The van der Waals surface area contributed by atoms with E-state index in [1.807, 2.05) is 61.7 Å². The largest absolute Gasteiger partial charge is 0.287 e. The summed E-state index contributed by atoms with van der Waals surface area (Å²) in [4.78, 5) is 12.4. The van der Waals surface area contributed by atoms with Crippen LogP contribution >= 0.6 is 0 Å². The van der Waals surface area contributed by atoms with E-state index in [4.69, 9.17) is 0 Å². The number of para-hydroxylation sites is 1. The summed E-state index contributed by atoms with van der Waals surface area (Å²) in [6.45, 7) is 2.04. The van der Waals surface area contributed by atoms with Crippen LogP contribution in [0.2, 0.25) is 0 Å². The number of hydrogen-bond acceptors (Lipinski definition) is 1. The van der Waals surface area contributed by atoms with E-state index in [1.54, 1.807) is 4.57 Å². The number of hydrogen-bond donors (Lipinski definition) is 0. The highest BCUT2D eigenvalue weighted by Crippen LogP contribution is 2.20. The first-order valence-electron chi connectivity index (χ1n) is 6.39. The third-order valence-corrected chi connectivity index (χ3v) is 3.38. The first-order valence-corrected chi connectivity index (χ1v) is 6.39. The van der Waals surface area contributed by atoms with E-state index in [0.29, 0.717) is 6.42 Å². The predicted molar refractivity (Wildman–Crippen MR) is 77.4 cm³/mol. The molecule has 0 unspecified atom stereocenters. The number of rotatable bonds is 2. The second-order valence-corrected chi connectivity index (χ2v) is 4.76. The normalized spacial score (nSPS) is 10.8. The number of carbonyl (C=O) groups is 1. The number of benzene rings is 2. The summed E-state index contributed by atoms with van der Waals surface area (Å²) < 4.78 is 1.76. The van der Waals surface area contributed by atoms with E-state index in [-0.39, 0.29) is 5.91 Å². The fourth-order valence-electron chi connectivity index (χ4n) is 2.41. The van der Waals surface area contributed by atoms with Crippen LogP contribution in [0, 0.1) is 6.92 Å². The van der Waals surface area contributed by atoms with Crippen LogP contribution in [0.3, 0.4) is 0 Å². The van der Waals surface area contributed by atoms with Gasteiger partial charge in [-0.05, 0) is 24.1 Å². The molecule has 0 radical (unpaired) electrons. The Kier molecular flexibility index (Phi) is 2.92. The maximum absolute atomic E-state index is 12.4. The quantitative estimate of drug-likeness (QED) is 0.676. The van der Waals surface area contributed by atoms with Crippen molar-refractivity contribution >= 4 is 16.8 Å². The molecule has 0 bridgehead atoms. The van der Waals surface area contributed by atoms with E-state index < -0.39 is 0 Å². The molecule has 0 fully saturated rings. The van der Waals surface area contributed by atoms with Crippen molar-refractivity contribution in [3.8, 4) is 0 Å². The highest BCUT2D eigenvalue weighted by Gasteiger charge is 2.11. The average molecular weight is 249 g/mol. The van der Waals surface area contributed by atoms with Crippen molar-refractivity contribution in [1.82, 2.24) is 4.57 Å². The smallest absolute Gasteiger partial charge is 0.235 e. The van der Waals surface area contributed by atoms with Crippen LogP contribution in [0.15, 0.2) is 60.8 Å². The minimum atomic E-state index is 0.107. The molecule has 0 saturated heterocycles. The third-order valence-electron chi connectivity index (χ3n) is 3.38. The lowest BCUT2D eigenvalue weighted by Crippen LogP contribution is -2.12. The summed E-state index contributed by atoms with van der Waals surface area (Å²) in [5.74, 6) is 0.107. The molecule has 0 N–H and O–H groups in total. The second kappa shape index (κ2) is 4.73. The lowest BCUT2D eigenvalue weighted by atomic mass is 10.1. The summed E-state index contributed by atoms with van der Waals surface area (Å²) in [6.07, 6.45) is 2.36. The van der Waals surface area contributed by atoms with Crippen LogP contribution in [-0.2, 0) is 6.42 Å². The Balaban J connectivity index is 1.98. The van der Waals surface area contributed by atoms with E-state index >= 15 is 0 Å². The number of aryl methyl sites for hydroxylation is 1. The molecule has 19 heavy (non-hydrogen) atoms. The van der Waals surface area contributed by atoms with Gasteiger partial charge >= 0.3 is 0 Å². The molecule has 2 aromatic carbocycles. The maximum atomic E-state index is 12.4. The molecule has 0 aliphatic rings. The van der Waals surface area contributed by atoms with Gasteiger partial charge < -0.3 is 0 Å². The molecule has 3 rings (SSSR count). The average Bonchev–Trinajstić information content (AvgIpc) is 2.78. The fourth-order valence-corrected chi connectivity index (χ4v) is 2.41. The minimum Gasteiger partial charge on any atom is -0.287 e. The van der Waals surface area contributed by atoms with Crippen molar-refractivity contribution in [3.63, 3.8) is 0 Å². The van der Waals surface area contributed by atoms with Crippen molar-refractivity contribution in [2.45, 2.75) is 13.3 Å². The highest BCUT2D eigenvalue weighted by atomic mass is 16.2. The van der Waals surface area contributed by atoms with Crippen molar-refractivity contribution in [3.05, 3.63) is 71.9 Å². The van der Waals surface area contributed by atoms with Crippen LogP contribution < -0.4 is 0 Å².